The van der Waals surface area contributed by atoms with Gasteiger partial charge in [0.2, 0.25) is 0 Å². The fraction of sp³-hybridized carbons (Fsp3) is 0.684. The summed E-state index contributed by atoms with van der Waals surface area (Å²) in [6.45, 7) is 12.9. The molecule has 0 saturated heterocycles. The van der Waals surface area contributed by atoms with Gasteiger partial charge in [0.15, 0.2) is 19.9 Å². The number of methoxy groups -OCH3 is 1. The van der Waals surface area contributed by atoms with Gasteiger partial charge in [-0.1, -0.05) is 39.8 Å². The summed E-state index contributed by atoms with van der Waals surface area (Å²) in [5.41, 5.74) is -0.629. The van der Waals surface area contributed by atoms with Crippen molar-refractivity contribution in [2.45, 2.75) is 64.8 Å². The SMILES string of the molecule is COC1=C(C(=O)[C@@]2(C)CC=C[C@@H](O[Si](C)(C)C(C)(C)C)C2)C(=O)OC1. The molecule has 140 valence electrons. The van der Waals surface area contributed by atoms with Gasteiger partial charge in [-0.05, 0) is 31.0 Å². The van der Waals surface area contributed by atoms with Crippen LogP contribution >= 0.6 is 0 Å². The van der Waals surface area contributed by atoms with Gasteiger partial charge in [0.25, 0.3) is 0 Å². The molecule has 5 nitrogen and oxygen atoms in total. The van der Waals surface area contributed by atoms with Crippen molar-refractivity contribution in [3.8, 4) is 0 Å². The first-order chi connectivity index (χ1) is 11.4. The zero-order chi connectivity index (χ0) is 19.0. The fourth-order valence-electron chi connectivity index (χ4n) is 2.97. The number of esters is 1. The van der Waals surface area contributed by atoms with Crippen molar-refractivity contribution >= 4 is 20.1 Å². The number of rotatable bonds is 5. The third kappa shape index (κ3) is 3.90. The molecule has 2 atom stereocenters. The molecule has 0 saturated carbocycles. The van der Waals surface area contributed by atoms with E-state index in [1.165, 1.54) is 7.11 Å². The molecule has 0 aromatic heterocycles. The van der Waals surface area contributed by atoms with Crippen molar-refractivity contribution in [2.75, 3.05) is 13.7 Å². The number of carbonyl (C=O) groups is 2. The predicted molar refractivity (Wildman–Crippen MR) is 98.6 cm³/mol. The van der Waals surface area contributed by atoms with Crippen molar-refractivity contribution in [3.63, 3.8) is 0 Å². The van der Waals surface area contributed by atoms with Crippen LogP contribution in [0.3, 0.4) is 0 Å². The third-order valence-corrected chi connectivity index (χ3v) is 10.2. The van der Waals surface area contributed by atoms with Gasteiger partial charge < -0.3 is 13.9 Å². The molecule has 2 aliphatic rings. The molecule has 0 spiro atoms. The molecule has 0 N–H and O–H groups in total. The van der Waals surface area contributed by atoms with Gasteiger partial charge in [0.1, 0.15) is 12.2 Å². The Bertz CT molecular complexity index is 626. The van der Waals surface area contributed by atoms with E-state index in [9.17, 15) is 9.59 Å². The molecule has 0 unspecified atom stereocenters. The number of allylic oxidation sites excluding steroid dienone is 1. The van der Waals surface area contributed by atoms with E-state index in [0.717, 1.165) is 0 Å². The van der Waals surface area contributed by atoms with Gasteiger partial charge in [0.05, 0.1) is 13.2 Å². The molecule has 1 aliphatic heterocycles. The molecular formula is C19H30O5Si. The number of Topliss-reactive ketones (excluding diaryl/α,β-unsaturated/α-hetero) is 1. The first-order valence-corrected chi connectivity index (χ1v) is 11.7. The lowest BCUT2D eigenvalue weighted by atomic mass is 9.72. The topological polar surface area (TPSA) is 61.8 Å². The molecule has 0 radical (unpaired) electrons. The van der Waals surface area contributed by atoms with Crippen LogP contribution in [0.5, 0.6) is 0 Å². The van der Waals surface area contributed by atoms with Crippen molar-refractivity contribution in [2.24, 2.45) is 5.41 Å². The zero-order valence-electron chi connectivity index (χ0n) is 16.4. The number of hydrogen-bond donors (Lipinski definition) is 0. The standard InChI is InChI=1S/C19H30O5Si/c1-18(2,3)25(6,7)24-13-9-8-10-19(4,11-13)16(20)15-14(22-5)12-23-17(15)21/h8-9,13H,10-12H2,1-7H3/t13-,19+/m1/s1. The molecule has 0 bridgehead atoms. The second-order valence-corrected chi connectivity index (χ2v) is 13.5. The molecule has 25 heavy (non-hydrogen) atoms. The number of hydrogen-bond acceptors (Lipinski definition) is 5. The Morgan fingerprint density at radius 2 is 2.00 bits per heavy atom. The maximum atomic E-state index is 13.1. The van der Waals surface area contributed by atoms with Crippen molar-refractivity contribution in [1.82, 2.24) is 0 Å². The van der Waals surface area contributed by atoms with Crippen LogP contribution in [0.2, 0.25) is 18.1 Å². The number of carbonyl (C=O) groups excluding carboxylic acids is 2. The van der Waals surface area contributed by atoms with E-state index in [2.05, 4.69) is 33.9 Å². The lowest BCUT2D eigenvalue weighted by Crippen LogP contribution is -2.46. The second kappa shape index (κ2) is 6.72. The van der Waals surface area contributed by atoms with Crippen LogP contribution in [0.4, 0.5) is 0 Å². The van der Waals surface area contributed by atoms with Gasteiger partial charge in [0, 0.05) is 5.41 Å². The Labute approximate surface area is 151 Å². The quantitative estimate of drug-likeness (QED) is 0.321. The average molecular weight is 367 g/mol. The van der Waals surface area contributed by atoms with E-state index in [4.69, 9.17) is 13.9 Å². The van der Waals surface area contributed by atoms with Crippen molar-refractivity contribution < 1.29 is 23.5 Å². The highest BCUT2D eigenvalue weighted by molar-refractivity contribution is 6.74. The predicted octanol–water partition coefficient (Wildman–Crippen LogP) is 3.76. The molecule has 0 aromatic carbocycles. The maximum absolute atomic E-state index is 13.1. The molecule has 0 aromatic rings. The van der Waals surface area contributed by atoms with E-state index < -0.39 is 19.7 Å². The van der Waals surface area contributed by atoms with Gasteiger partial charge in [-0.3, -0.25) is 4.79 Å². The lowest BCUT2D eigenvalue weighted by molar-refractivity contribution is -0.139. The largest absolute Gasteiger partial charge is 0.496 e. The molecule has 6 heteroatoms. The summed E-state index contributed by atoms with van der Waals surface area (Å²) < 4.78 is 16.6. The van der Waals surface area contributed by atoms with Gasteiger partial charge >= 0.3 is 5.97 Å². The monoisotopic (exact) mass is 366 g/mol. The number of ketones is 1. The van der Waals surface area contributed by atoms with Crippen LogP contribution in [0, 0.1) is 5.41 Å². The Kier molecular flexibility index (Phi) is 5.36. The number of ether oxygens (including phenoxy) is 2. The average Bonchev–Trinajstić information content (AvgIpc) is 2.85. The molecular weight excluding hydrogens is 336 g/mol. The van der Waals surface area contributed by atoms with E-state index in [1.807, 2.05) is 19.1 Å². The highest BCUT2D eigenvalue weighted by Crippen LogP contribution is 2.42. The van der Waals surface area contributed by atoms with Crippen LogP contribution in [-0.4, -0.2) is 39.9 Å². The Morgan fingerprint density at radius 1 is 1.36 bits per heavy atom. The van der Waals surface area contributed by atoms with E-state index >= 15 is 0 Å². The normalized spacial score (nSPS) is 27.5. The van der Waals surface area contributed by atoms with Gasteiger partial charge in [-0.15, -0.1) is 0 Å². The smallest absolute Gasteiger partial charge is 0.345 e. The highest BCUT2D eigenvalue weighted by Gasteiger charge is 2.46. The summed E-state index contributed by atoms with van der Waals surface area (Å²) >= 11 is 0. The Hall–Kier alpha value is -1.40. The number of cyclic esters (lactones) is 1. The van der Waals surface area contributed by atoms with Crippen molar-refractivity contribution in [1.29, 1.82) is 0 Å². The van der Waals surface area contributed by atoms with Crippen LogP contribution in [0.25, 0.3) is 0 Å². The first kappa shape index (κ1) is 19.9. The minimum atomic E-state index is -1.95. The van der Waals surface area contributed by atoms with Crippen LogP contribution in [0.15, 0.2) is 23.5 Å². The van der Waals surface area contributed by atoms with Crippen LogP contribution < -0.4 is 0 Å². The summed E-state index contributed by atoms with van der Waals surface area (Å²) in [5, 5.41) is 0.0969. The Balaban J connectivity index is 2.22. The van der Waals surface area contributed by atoms with E-state index in [1.54, 1.807) is 0 Å². The second-order valence-electron chi connectivity index (χ2n) is 8.72. The summed E-state index contributed by atoms with van der Waals surface area (Å²) in [6, 6.07) is 0. The van der Waals surface area contributed by atoms with Gasteiger partial charge in [-0.2, -0.15) is 0 Å². The molecule has 0 amide bonds. The van der Waals surface area contributed by atoms with Crippen LogP contribution in [0.1, 0.15) is 40.5 Å². The minimum Gasteiger partial charge on any atom is -0.496 e. The molecule has 1 heterocycles. The van der Waals surface area contributed by atoms with Crippen LogP contribution in [-0.2, 0) is 23.5 Å². The maximum Gasteiger partial charge on any atom is 0.345 e. The minimum absolute atomic E-state index is 0.0340. The first-order valence-electron chi connectivity index (χ1n) is 8.75. The Morgan fingerprint density at radius 3 is 2.56 bits per heavy atom. The zero-order valence-corrected chi connectivity index (χ0v) is 17.4. The summed E-state index contributed by atoms with van der Waals surface area (Å²) in [5.74, 6) is -0.466. The summed E-state index contributed by atoms with van der Waals surface area (Å²) in [4.78, 5) is 25.1. The fourth-order valence-corrected chi connectivity index (χ4v) is 4.24. The third-order valence-electron chi connectivity index (χ3n) is 5.66. The highest BCUT2D eigenvalue weighted by atomic mass is 28.4. The van der Waals surface area contributed by atoms with Crippen molar-refractivity contribution in [3.05, 3.63) is 23.5 Å². The van der Waals surface area contributed by atoms with E-state index in [0.29, 0.717) is 18.6 Å². The lowest BCUT2D eigenvalue weighted by Gasteiger charge is -2.42. The molecule has 0 fully saturated rings. The molecule has 2 rings (SSSR count). The van der Waals surface area contributed by atoms with E-state index in [-0.39, 0.29) is 29.1 Å². The summed E-state index contributed by atoms with van der Waals surface area (Å²) in [6.07, 6.45) is 5.06. The molecule has 1 aliphatic carbocycles. The summed E-state index contributed by atoms with van der Waals surface area (Å²) in [7, 11) is -0.490. The van der Waals surface area contributed by atoms with Gasteiger partial charge in [-0.25, -0.2) is 4.79 Å².